The average molecular weight is 348 g/mol. The van der Waals surface area contributed by atoms with E-state index in [-0.39, 0.29) is 5.41 Å². The second kappa shape index (κ2) is 6.06. The molecule has 2 aromatic heterocycles. The SMILES string of the molecule is CCCC1N(c2ncnc3[nH]ncc23)c2ccccc2C12CCNCC2. The molecule has 4 heterocycles. The van der Waals surface area contributed by atoms with Gasteiger partial charge in [-0.05, 0) is 44.0 Å². The van der Waals surface area contributed by atoms with E-state index in [4.69, 9.17) is 4.98 Å². The van der Waals surface area contributed by atoms with Crippen LogP contribution in [0.5, 0.6) is 0 Å². The van der Waals surface area contributed by atoms with Gasteiger partial charge in [-0.2, -0.15) is 5.10 Å². The van der Waals surface area contributed by atoms with Gasteiger partial charge in [-0.3, -0.25) is 5.10 Å². The van der Waals surface area contributed by atoms with Crippen LogP contribution in [0.15, 0.2) is 36.8 Å². The second-order valence-corrected chi connectivity index (χ2v) is 7.43. The molecule has 26 heavy (non-hydrogen) atoms. The van der Waals surface area contributed by atoms with Crippen LogP contribution < -0.4 is 10.2 Å². The minimum atomic E-state index is 0.193. The predicted octanol–water partition coefficient (Wildman–Crippen LogP) is 3.29. The van der Waals surface area contributed by atoms with Gasteiger partial charge in [0.1, 0.15) is 12.1 Å². The average Bonchev–Trinajstić information content (AvgIpc) is 3.26. The highest BCUT2D eigenvalue weighted by atomic mass is 15.3. The van der Waals surface area contributed by atoms with Crippen molar-refractivity contribution in [3.63, 3.8) is 0 Å². The van der Waals surface area contributed by atoms with E-state index in [1.165, 1.54) is 24.1 Å². The first kappa shape index (κ1) is 15.8. The molecule has 0 radical (unpaired) electrons. The molecule has 1 aromatic carbocycles. The Morgan fingerprint density at radius 1 is 1.19 bits per heavy atom. The molecular formula is C20H24N6. The summed E-state index contributed by atoms with van der Waals surface area (Å²) in [7, 11) is 0. The predicted molar refractivity (Wildman–Crippen MR) is 103 cm³/mol. The Labute approximate surface area is 153 Å². The van der Waals surface area contributed by atoms with Crippen molar-refractivity contribution in [1.82, 2.24) is 25.5 Å². The van der Waals surface area contributed by atoms with Gasteiger partial charge in [-0.15, -0.1) is 0 Å². The van der Waals surface area contributed by atoms with Gasteiger partial charge in [-0.1, -0.05) is 31.5 Å². The number of fused-ring (bicyclic) bond motifs is 3. The topological polar surface area (TPSA) is 69.7 Å². The minimum Gasteiger partial charge on any atom is -0.321 e. The van der Waals surface area contributed by atoms with Gasteiger partial charge in [0, 0.05) is 17.1 Å². The van der Waals surface area contributed by atoms with E-state index in [1.54, 1.807) is 6.33 Å². The fourth-order valence-corrected chi connectivity index (χ4v) is 5.06. The quantitative estimate of drug-likeness (QED) is 0.760. The standard InChI is InChI=1S/C20H24N6/c1-2-5-17-20(8-10-21-11-9-20)15-6-3-4-7-16(15)26(17)19-14-12-24-25-18(14)22-13-23-19/h3-4,6-7,12-13,17,21H,2,5,8-11H2,1H3,(H,22,23,24,25). The number of benzene rings is 1. The van der Waals surface area contributed by atoms with Crippen molar-refractivity contribution < 1.29 is 0 Å². The maximum Gasteiger partial charge on any atom is 0.160 e. The molecular weight excluding hydrogens is 324 g/mol. The molecule has 3 aromatic rings. The van der Waals surface area contributed by atoms with Crippen molar-refractivity contribution in [1.29, 1.82) is 0 Å². The Bertz CT molecular complexity index is 927. The molecule has 0 aliphatic carbocycles. The van der Waals surface area contributed by atoms with Crippen LogP contribution in [0.2, 0.25) is 0 Å². The lowest BCUT2D eigenvalue weighted by Crippen LogP contribution is -2.49. The summed E-state index contributed by atoms with van der Waals surface area (Å²) in [5, 5.41) is 11.7. The molecule has 6 nitrogen and oxygen atoms in total. The number of nitrogens with one attached hydrogen (secondary N) is 2. The second-order valence-electron chi connectivity index (χ2n) is 7.43. The molecule has 1 atom stereocenters. The van der Waals surface area contributed by atoms with Crippen LogP contribution in [0.1, 0.15) is 38.2 Å². The molecule has 0 saturated carbocycles. The van der Waals surface area contributed by atoms with Gasteiger partial charge in [0.25, 0.3) is 0 Å². The largest absolute Gasteiger partial charge is 0.321 e. The van der Waals surface area contributed by atoms with Crippen LogP contribution in [0.25, 0.3) is 11.0 Å². The first-order chi connectivity index (χ1) is 12.8. The van der Waals surface area contributed by atoms with Gasteiger partial charge < -0.3 is 10.2 Å². The van der Waals surface area contributed by atoms with Gasteiger partial charge in [0.2, 0.25) is 0 Å². The van der Waals surface area contributed by atoms with Crippen LogP contribution in [0, 0.1) is 0 Å². The van der Waals surface area contributed by atoms with Crippen molar-refractivity contribution >= 4 is 22.5 Å². The summed E-state index contributed by atoms with van der Waals surface area (Å²) in [6.45, 7) is 4.43. The van der Waals surface area contributed by atoms with Crippen LogP contribution >= 0.6 is 0 Å². The molecule has 1 saturated heterocycles. The molecule has 1 fully saturated rings. The molecule has 1 unspecified atom stereocenters. The number of nitrogens with zero attached hydrogens (tertiary/aromatic N) is 4. The van der Waals surface area contributed by atoms with Crippen molar-refractivity contribution in [2.45, 2.75) is 44.1 Å². The molecule has 1 spiro atoms. The van der Waals surface area contributed by atoms with Crippen molar-refractivity contribution in [2.75, 3.05) is 18.0 Å². The van der Waals surface area contributed by atoms with E-state index in [0.717, 1.165) is 42.8 Å². The van der Waals surface area contributed by atoms with Crippen molar-refractivity contribution in [2.24, 2.45) is 0 Å². The van der Waals surface area contributed by atoms with E-state index in [1.807, 2.05) is 6.20 Å². The zero-order valence-corrected chi connectivity index (χ0v) is 15.1. The number of para-hydroxylation sites is 1. The molecule has 0 amide bonds. The van der Waals surface area contributed by atoms with E-state index >= 15 is 0 Å². The molecule has 2 N–H and O–H groups in total. The molecule has 6 heteroatoms. The van der Waals surface area contributed by atoms with E-state index in [2.05, 4.69) is 56.6 Å². The number of piperidine rings is 1. The van der Waals surface area contributed by atoms with Gasteiger partial charge in [-0.25, -0.2) is 9.97 Å². The summed E-state index contributed by atoms with van der Waals surface area (Å²) in [4.78, 5) is 11.5. The van der Waals surface area contributed by atoms with Crippen LogP contribution in [0.4, 0.5) is 11.5 Å². The van der Waals surface area contributed by atoms with Crippen molar-refractivity contribution in [3.8, 4) is 0 Å². The Hall–Kier alpha value is -2.47. The highest BCUT2D eigenvalue weighted by molar-refractivity contribution is 5.90. The molecule has 5 rings (SSSR count). The molecule has 0 bridgehead atoms. The van der Waals surface area contributed by atoms with Crippen LogP contribution in [0.3, 0.4) is 0 Å². The lowest BCUT2D eigenvalue weighted by Gasteiger charge is -2.42. The third kappa shape index (κ3) is 2.11. The maximum atomic E-state index is 4.71. The number of rotatable bonds is 3. The fourth-order valence-electron chi connectivity index (χ4n) is 5.06. The van der Waals surface area contributed by atoms with E-state index in [0.29, 0.717) is 6.04 Å². The zero-order valence-electron chi connectivity index (χ0n) is 15.1. The number of aromatic nitrogens is 4. The van der Waals surface area contributed by atoms with Crippen molar-refractivity contribution in [3.05, 3.63) is 42.4 Å². The van der Waals surface area contributed by atoms with Gasteiger partial charge >= 0.3 is 0 Å². The molecule has 134 valence electrons. The lowest BCUT2D eigenvalue weighted by molar-refractivity contribution is 0.261. The fraction of sp³-hybridized carbons (Fsp3) is 0.450. The molecule has 2 aliphatic rings. The summed E-state index contributed by atoms with van der Waals surface area (Å²) in [5.74, 6) is 0.977. The van der Waals surface area contributed by atoms with Crippen LogP contribution in [-0.2, 0) is 5.41 Å². The Morgan fingerprint density at radius 2 is 2.04 bits per heavy atom. The first-order valence-corrected chi connectivity index (χ1v) is 9.59. The first-order valence-electron chi connectivity index (χ1n) is 9.59. The summed E-state index contributed by atoms with van der Waals surface area (Å²) in [6, 6.07) is 9.32. The Balaban J connectivity index is 1.74. The third-order valence-corrected chi connectivity index (χ3v) is 6.16. The summed E-state index contributed by atoms with van der Waals surface area (Å²) < 4.78 is 0. The summed E-state index contributed by atoms with van der Waals surface area (Å²) in [5.41, 5.74) is 3.78. The third-order valence-electron chi connectivity index (χ3n) is 6.16. The number of hydrogen-bond acceptors (Lipinski definition) is 5. The van der Waals surface area contributed by atoms with E-state index in [9.17, 15) is 0 Å². The van der Waals surface area contributed by atoms with E-state index < -0.39 is 0 Å². The number of hydrogen-bond donors (Lipinski definition) is 2. The lowest BCUT2D eigenvalue weighted by atomic mass is 9.69. The number of H-pyrrole nitrogens is 1. The Morgan fingerprint density at radius 3 is 2.88 bits per heavy atom. The highest BCUT2D eigenvalue weighted by Crippen LogP contribution is 2.54. The van der Waals surface area contributed by atoms with Gasteiger partial charge in [0.05, 0.1) is 11.6 Å². The monoisotopic (exact) mass is 348 g/mol. The smallest absolute Gasteiger partial charge is 0.160 e. The maximum absolute atomic E-state index is 4.71. The summed E-state index contributed by atoms with van der Waals surface area (Å²) in [6.07, 6.45) is 8.15. The minimum absolute atomic E-state index is 0.193. The number of anilines is 2. The zero-order chi connectivity index (χ0) is 17.6. The Kier molecular flexibility index (Phi) is 3.67. The highest BCUT2D eigenvalue weighted by Gasteiger charge is 2.51. The summed E-state index contributed by atoms with van der Waals surface area (Å²) >= 11 is 0. The number of aromatic amines is 1. The van der Waals surface area contributed by atoms with Crippen LogP contribution in [-0.4, -0.2) is 39.3 Å². The normalized spacial score (nSPS) is 21.4. The van der Waals surface area contributed by atoms with Gasteiger partial charge in [0.15, 0.2) is 5.65 Å². The molecule has 2 aliphatic heterocycles.